The molecule has 1 N–H and O–H groups in total. The molecule has 0 fully saturated rings. The lowest BCUT2D eigenvalue weighted by molar-refractivity contribution is -0.122. The number of hydrogen-bond donors (Lipinski definition) is 1. The Morgan fingerprint density at radius 3 is 2.69 bits per heavy atom. The van der Waals surface area contributed by atoms with E-state index in [0.717, 1.165) is 23.3 Å². The molecule has 6 heteroatoms. The van der Waals surface area contributed by atoms with Crippen LogP contribution >= 0.6 is 11.3 Å². The third kappa shape index (κ3) is 4.25. The molecule has 1 heterocycles. The van der Waals surface area contributed by atoms with Gasteiger partial charge in [-0.2, -0.15) is 0 Å². The minimum atomic E-state index is -0.526. The number of nitrogens with zero attached hydrogens (tertiary/aromatic N) is 1. The van der Waals surface area contributed by atoms with Gasteiger partial charge in [-0.25, -0.2) is 4.79 Å². The van der Waals surface area contributed by atoms with Crippen molar-refractivity contribution in [2.24, 2.45) is 0 Å². The van der Waals surface area contributed by atoms with Gasteiger partial charge in [0.25, 0.3) is 0 Å². The fraction of sp³-hybridized carbons (Fsp3) is 0.400. The van der Waals surface area contributed by atoms with Crippen molar-refractivity contribution in [2.45, 2.75) is 31.7 Å². The van der Waals surface area contributed by atoms with Crippen LogP contribution in [0.15, 0.2) is 35.7 Å². The molecule has 1 aromatic heterocycles. The largest absolute Gasteiger partial charge is 0.453 e. The molecule has 1 atom stereocenters. The van der Waals surface area contributed by atoms with E-state index >= 15 is 0 Å². The van der Waals surface area contributed by atoms with Crippen molar-refractivity contribution >= 4 is 23.3 Å². The van der Waals surface area contributed by atoms with Crippen molar-refractivity contribution in [3.63, 3.8) is 0 Å². The third-order valence-electron chi connectivity index (χ3n) is 4.71. The molecule has 138 valence electrons. The van der Waals surface area contributed by atoms with Gasteiger partial charge in [-0.05, 0) is 53.8 Å². The molecule has 0 spiro atoms. The Kier molecular flexibility index (Phi) is 5.93. The number of rotatable bonds is 5. The monoisotopic (exact) mass is 372 g/mol. The molecule has 0 saturated carbocycles. The van der Waals surface area contributed by atoms with Crippen molar-refractivity contribution in [3.8, 4) is 0 Å². The van der Waals surface area contributed by atoms with Crippen molar-refractivity contribution in [3.05, 3.63) is 57.3 Å². The van der Waals surface area contributed by atoms with Gasteiger partial charge in [0.1, 0.15) is 6.54 Å². The van der Waals surface area contributed by atoms with Crippen LogP contribution in [0.1, 0.15) is 40.5 Å². The average molecular weight is 372 g/mol. The summed E-state index contributed by atoms with van der Waals surface area (Å²) in [7, 11) is 2.85. The summed E-state index contributed by atoms with van der Waals surface area (Å²) in [6.07, 6.45) is 4.17. The summed E-state index contributed by atoms with van der Waals surface area (Å²) in [4.78, 5) is 26.3. The van der Waals surface area contributed by atoms with Crippen molar-refractivity contribution in [1.82, 2.24) is 10.2 Å². The molecule has 1 aliphatic rings. The van der Waals surface area contributed by atoms with Crippen LogP contribution in [0.3, 0.4) is 0 Å². The summed E-state index contributed by atoms with van der Waals surface area (Å²) in [6.45, 7) is -0.0422. The first-order chi connectivity index (χ1) is 12.6. The van der Waals surface area contributed by atoms with E-state index in [4.69, 9.17) is 0 Å². The summed E-state index contributed by atoms with van der Waals surface area (Å²) < 4.78 is 4.65. The van der Waals surface area contributed by atoms with Gasteiger partial charge in [-0.3, -0.25) is 4.79 Å². The highest BCUT2D eigenvalue weighted by molar-refractivity contribution is 7.10. The highest BCUT2D eigenvalue weighted by atomic mass is 32.1. The molecule has 0 saturated heterocycles. The average Bonchev–Trinajstić information content (AvgIpc) is 3.19. The summed E-state index contributed by atoms with van der Waals surface area (Å²) in [5.41, 5.74) is 3.89. The van der Waals surface area contributed by atoms with E-state index in [0.29, 0.717) is 0 Å². The van der Waals surface area contributed by atoms with Crippen molar-refractivity contribution < 1.29 is 14.3 Å². The van der Waals surface area contributed by atoms with Gasteiger partial charge < -0.3 is 15.0 Å². The van der Waals surface area contributed by atoms with E-state index in [-0.39, 0.29) is 18.5 Å². The number of nitrogens with one attached hydrogen (secondary N) is 1. The Morgan fingerprint density at radius 1 is 1.23 bits per heavy atom. The summed E-state index contributed by atoms with van der Waals surface area (Å²) in [6, 6.07) is 10.3. The normalized spacial score (nSPS) is 14.2. The Hall–Kier alpha value is -2.34. The summed E-state index contributed by atoms with van der Waals surface area (Å²) >= 11 is 1.61. The second-order valence-electron chi connectivity index (χ2n) is 6.58. The number of amides is 2. The predicted octanol–water partition coefficient (Wildman–Crippen LogP) is 3.53. The van der Waals surface area contributed by atoms with Gasteiger partial charge in [0.2, 0.25) is 5.91 Å². The maximum Gasteiger partial charge on any atom is 0.409 e. The molecule has 3 rings (SSSR count). The van der Waals surface area contributed by atoms with E-state index in [1.165, 1.54) is 36.0 Å². The standard InChI is InChI=1S/C20H24N2O3S/c1-22(20(24)25-2)13-18(23)21-19(17-8-5-11-26-17)16-10-9-14-6-3-4-7-15(14)12-16/h5,8-12,19H,3-4,6-7,13H2,1-2H3,(H,21,23)/t19-/m1/s1. The fourth-order valence-corrected chi connectivity index (χ4v) is 4.15. The van der Waals surface area contributed by atoms with Gasteiger partial charge in [-0.15, -0.1) is 11.3 Å². The molecular weight excluding hydrogens is 348 g/mol. The van der Waals surface area contributed by atoms with E-state index < -0.39 is 6.09 Å². The lowest BCUT2D eigenvalue weighted by Gasteiger charge is -2.23. The van der Waals surface area contributed by atoms with Crippen LogP contribution in [0.2, 0.25) is 0 Å². The Morgan fingerprint density at radius 2 is 2.00 bits per heavy atom. The minimum absolute atomic E-state index is 0.0422. The molecule has 2 aromatic rings. The van der Waals surface area contributed by atoms with E-state index in [1.807, 2.05) is 17.5 Å². The molecule has 2 amide bonds. The molecular formula is C20H24N2O3S. The molecule has 0 bridgehead atoms. The van der Waals surface area contributed by atoms with E-state index in [9.17, 15) is 9.59 Å². The number of fused-ring (bicyclic) bond motifs is 1. The second-order valence-corrected chi connectivity index (χ2v) is 7.56. The van der Waals surface area contributed by atoms with E-state index in [1.54, 1.807) is 18.4 Å². The molecule has 0 radical (unpaired) electrons. The number of thiophene rings is 1. The van der Waals surface area contributed by atoms with Crippen LogP contribution in [0, 0.1) is 0 Å². The van der Waals surface area contributed by atoms with E-state index in [2.05, 4.69) is 28.3 Å². The number of carbonyl (C=O) groups is 2. The van der Waals surface area contributed by atoms with Crippen molar-refractivity contribution in [2.75, 3.05) is 20.7 Å². The lowest BCUT2D eigenvalue weighted by Crippen LogP contribution is -2.40. The number of hydrogen-bond acceptors (Lipinski definition) is 4. The van der Waals surface area contributed by atoms with Crippen LogP contribution in [-0.2, 0) is 22.4 Å². The zero-order valence-electron chi connectivity index (χ0n) is 15.2. The van der Waals surface area contributed by atoms with Crippen molar-refractivity contribution in [1.29, 1.82) is 0 Å². The topological polar surface area (TPSA) is 58.6 Å². The second kappa shape index (κ2) is 8.36. The van der Waals surface area contributed by atoms with Gasteiger partial charge in [0, 0.05) is 11.9 Å². The summed E-state index contributed by atoms with van der Waals surface area (Å²) in [5, 5.41) is 5.08. The highest BCUT2D eigenvalue weighted by Crippen LogP contribution is 2.30. The lowest BCUT2D eigenvalue weighted by atomic mass is 9.89. The fourth-order valence-electron chi connectivity index (χ4n) is 3.35. The molecule has 1 aliphatic carbocycles. The molecule has 1 aromatic carbocycles. The Labute approximate surface area is 158 Å². The first-order valence-electron chi connectivity index (χ1n) is 8.82. The highest BCUT2D eigenvalue weighted by Gasteiger charge is 2.21. The molecule has 0 aliphatic heterocycles. The van der Waals surface area contributed by atoms with Gasteiger partial charge in [0.15, 0.2) is 0 Å². The first-order valence-corrected chi connectivity index (χ1v) is 9.70. The quantitative estimate of drug-likeness (QED) is 0.873. The number of carbonyl (C=O) groups excluding carboxylic acids is 2. The molecule has 5 nitrogen and oxygen atoms in total. The van der Waals surface area contributed by atoms with Crippen LogP contribution in [0.5, 0.6) is 0 Å². The maximum absolute atomic E-state index is 12.5. The SMILES string of the molecule is COC(=O)N(C)CC(=O)N[C@H](c1ccc2c(c1)CCCC2)c1cccs1. The van der Waals surface area contributed by atoms with Crippen LogP contribution in [0.25, 0.3) is 0 Å². The minimum Gasteiger partial charge on any atom is -0.453 e. The molecule has 0 unspecified atom stereocenters. The first kappa shape index (κ1) is 18.5. The van der Waals surface area contributed by atoms with Crippen LogP contribution in [0.4, 0.5) is 4.79 Å². The number of ether oxygens (including phenoxy) is 1. The smallest absolute Gasteiger partial charge is 0.409 e. The van der Waals surface area contributed by atoms with Crippen LogP contribution < -0.4 is 5.32 Å². The van der Waals surface area contributed by atoms with Gasteiger partial charge in [0.05, 0.1) is 13.2 Å². The van der Waals surface area contributed by atoms with Crippen LogP contribution in [-0.4, -0.2) is 37.6 Å². The maximum atomic E-state index is 12.5. The van der Waals surface area contributed by atoms with Gasteiger partial charge >= 0.3 is 6.09 Å². The summed E-state index contributed by atoms with van der Waals surface area (Å²) in [5.74, 6) is -0.214. The Bertz CT molecular complexity index is 773. The number of likely N-dealkylation sites (N-methyl/N-ethyl adjacent to an activating group) is 1. The number of methoxy groups -OCH3 is 1. The third-order valence-corrected chi connectivity index (χ3v) is 5.64. The predicted molar refractivity (Wildman–Crippen MR) is 102 cm³/mol. The molecule has 26 heavy (non-hydrogen) atoms. The number of aryl methyl sites for hydroxylation is 2. The number of benzene rings is 1. The zero-order valence-corrected chi connectivity index (χ0v) is 16.0. The zero-order chi connectivity index (χ0) is 18.5. The Balaban J connectivity index is 1.80. The van der Waals surface area contributed by atoms with Gasteiger partial charge in [-0.1, -0.05) is 24.3 Å².